The van der Waals surface area contributed by atoms with Gasteiger partial charge in [0.05, 0.1) is 0 Å². The molecule has 0 aromatic carbocycles. The second-order valence-corrected chi connectivity index (χ2v) is 6.49. The Morgan fingerprint density at radius 2 is 1.50 bits per heavy atom. The largest absolute Gasteiger partial charge is 0.505 e. The molecular weight excluding hydrogens is 222 g/mol. The van der Waals surface area contributed by atoms with E-state index < -0.39 is 8.80 Å². The molecule has 0 bridgehead atoms. The fourth-order valence-electron chi connectivity index (χ4n) is 1.53. The van der Waals surface area contributed by atoms with E-state index in [9.17, 15) is 0 Å². The van der Waals surface area contributed by atoms with Crippen molar-refractivity contribution in [2.45, 2.75) is 40.2 Å². The van der Waals surface area contributed by atoms with E-state index in [2.05, 4.69) is 11.9 Å². The van der Waals surface area contributed by atoms with Gasteiger partial charge in [-0.25, -0.2) is 0 Å². The molecule has 0 radical (unpaired) electrons. The van der Waals surface area contributed by atoms with E-state index in [1.807, 2.05) is 27.7 Å². The lowest BCUT2D eigenvalue weighted by molar-refractivity contribution is 0.0633. The first-order chi connectivity index (χ1) is 7.66. The second kappa shape index (κ2) is 8.87. The average molecular weight is 247 g/mol. The minimum Gasteiger partial charge on any atom is -0.374 e. The molecular formula is C11H25NO3Si. The summed E-state index contributed by atoms with van der Waals surface area (Å²) in [5, 5.41) is 0. The summed E-state index contributed by atoms with van der Waals surface area (Å²) >= 11 is 0. The molecule has 4 nitrogen and oxygen atoms in total. The highest BCUT2D eigenvalue weighted by atomic mass is 28.4. The zero-order valence-corrected chi connectivity index (χ0v) is 12.2. The third kappa shape index (κ3) is 4.74. The number of rotatable bonds is 9. The van der Waals surface area contributed by atoms with Crippen LogP contribution in [0.15, 0.2) is 4.99 Å². The fraction of sp³-hybridized carbons (Fsp3) is 0.909. The van der Waals surface area contributed by atoms with Gasteiger partial charge in [-0.3, -0.25) is 4.99 Å². The van der Waals surface area contributed by atoms with Gasteiger partial charge in [-0.15, -0.1) is 0 Å². The third-order valence-corrected chi connectivity index (χ3v) is 5.66. The van der Waals surface area contributed by atoms with Crippen LogP contribution in [0.5, 0.6) is 0 Å². The van der Waals surface area contributed by atoms with Gasteiger partial charge in [0.1, 0.15) is 0 Å². The lowest BCUT2D eigenvalue weighted by Crippen LogP contribution is -2.50. The van der Waals surface area contributed by atoms with Gasteiger partial charge in [-0.1, -0.05) is 6.92 Å². The van der Waals surface area contributed by atoms with Crippen molar-refractivity contribution in [3.05, 3.63) is 0 Å². The number of hydrogen-bond donors (Lipinski definition) is 0. The molecule has 0 heterocycles. The van der Waals surface area contributed by atoms with Crippen LogP contribution in [-0.2, 0) is 13.3 Å². The standard InChI is InChI=1S/C11H25NO3Si/c1-6-12-10-11(5)16(13-7-2,14-8-3)15-9-4/h6,11H,7-10H2,1-5H3. The molecule has 0 aliphatic rings. The van der Waals surface area contributed by atoms with Crippen LogP contribution in [0.1, 0.15) is 34.6 Å². The van der Waals surface area contributed by atoms with Crippen molar-refractivity contribution in [1.82, 2.24) is 0 Å². The van der Waals surface area contributed by atoms with Crippen molar-refractivity contribution in [2.24, 2.45) is 4.99 Å². The Labute approximate surface area is 100 Å². The minimum absolute atomic E-state index is 0.198. The lowest BCUT2D eigenvalue weighted by Gasteiger charge is -2.32. The predicted molar refractivity (Wildman–Crippen MR) is 69.1 cm³/mol. The van der Waals surface area contributed by atoms with Crippen molar-refractivity contribution < 1.29 is 13.3 Å². The first kappa shape index (κ1) is 15.8. The quantitative estimate of drug-likeness (QED) is 0.464. The van der Waals surface area contributed by atoms with Gasteiger partial charge in [0.2, 0.25) is 0 Å². The Morgan fingerprint density at radius 3 is 1.81 bits per heavy atom. The van der Waals surface area contributed by atoms with Crippen LogP contribution in [0.4, 0.5) is 0 Å². The summed E-state index contributed by atoms with van der Waals surface area (Å²) in [5.41, 5.74) is 0.198. The number of hydrogen-bond acceptors (Lipinski definition) is 4. The molecule has 0 rings (SSSR count). The zero-order chi connectivity index (χ0) is 12.4. The summed E-state index contributed by atoms with van der Waals surface area (Å²) in [6.07, 6.45) is 1.81. The SMILES string of the molecule is CC=NCC(C)[Si](OCC)(OCC)OCC. The summed E-state index contributed by atoms with van der Waals surface area (Å²) in [7, 11) is -2.55. The van der Waals surface area contributed by atoms with Gasteiger partial charge in [0, 0.05) is 31.9 Å². The average Bonchev–Trinajstić information content (AvgIpc) is 2.26. The molecule has 0 aliphatic heterocycles. The van der Waals surface area contributed by atoms with Crippen LogP contribution in [0, 0.1) is 0 Å². The van der Waals surface area contributed by atoms with E-state index in [0.717, 1.165) is 0 Å². The Hall–Kier alpha value is -0.233. The molecule has 0 fully saturated rings. The summed E-state index contributed by atoms with van der Waals surface area (Å²) in [5.74, 6) is 0. The predicted octanol–water partition coefficient (Wildman–Crippen LogP) is 2.52. The fourth-order valence-corrected chi connectivity index (χ4v) is 4.17. The van der Waals surface area contributed by atoms with E-state index in [0.29, 0.717) is 26.4 Å². The van der Waals surface area contributed by atoms with Gasteiger partial charge in [-0.05, 0) is 33.9 Å². The van der Waals surface area contributed by atoms with Gasteiger partial charge in [-0.2, -0.15) is 0 Å². The second-order valence-electron chi connectivity index (χ2n) is 3.43. The van der Waals surface area contributed by atoms with Crippen molar-refractivity contribution in [2.75, 3.05) is 26.4 Å². The summed E-state index contributed by atoms with van der Waals surface area (Å²) in [4.78, 5) is 4.25. The number of aliphatic imine (C=N–C) groups is 1. The van der Waals surface area contributed by atoms with Crippen LogP contribution in [0.3, 0.4) is 0 Å². The highest BCUT2D eigenvalue weighted by Crippen LogP contribution is 2.25. The van der Waals surface area contributed by atoms with Crippen molar-refractivity contribution in [3.8, 4) is 0 Å². The monoisotopic (exact) mass is 247 g/mol. The molecule has 1 unspecified atom stereocenters. The van der Waals surface area contributed by atoms with E-state index in [1.54, 1.807) is 6.21 Å². The molecule has 0 aliphatic carbocycles. The molecule has 0 amide bonds. The maximum Gasteiger partial charge on any atom is 0.505 e. The van der Waals surface area contributed by atoms with Gasteiger partial charge >= 0.3 is 8.80 Å². The smallest absolute Gasteiger partial charge is 0.374 e. The molecule has 16 heavy (non-hydrogen) atoms. The molecule has 0 N–H and O–H groups in total. The highest BCUT2D eigenvalue weighted by molar-refractivity contribution is 6.62. The third-order valence-electron chi connectivity index (χ3n) is 2.20. The molecule has 0 saturated heterocycles. The van der Waals surface area contributed by atoms with Crippen molar-refractivity contribution in [1.29, 1.82) is 0 Å². The topological polar surface area (TPSA) is 40.0 Å². The zero-order valence-electron chi connectivity index (χ0n) is 11.2. The van der Waals surface area contributed by atoms with E-state index in [1.165, 1.54) is 0 Å². The molecule has 1 atom stereocenters. The maximum atomic E-state index is 5.79. The molecule has 5 heteroatoms. The summed E-state index contributed by atoms with van der Waals surface area (Å²) in [6.45, 7) is 12.5. The maximum absolute atomic E-state index is 5.79. The highest BCUT2D eigenvalue weighted by Gasteiger charge is 2.46. The van der Waals surface area contributed by atoms with Crippen LogP contribution >= 0.6 is 0 Å². The summed E-state index contributed by atoms with van der Waals surface area (Å²) < 4.78 is 17.4. The molecule has 96 valence electrons. The molecule has 0 spiro atoms. The first-order valence-electron chi connectivity index (χ1n) is 6.03. The van der Waals surface area contributed by atoms with E-state index in [-0.39, 0.29) is 5.54 Å². The molecule has 0 aromatic heterocycles. The normalized spacial score (nSPS) is 14.6. The molecule has 0 saturated carbocycles. The van der Waals surface area contributed by atoms with Crippen LogP contribution in [-0.4, -0.2) is 41.4 Å². The van der Waals surface area contributed by atoms with Gasteiger partial charge < -0.3 is 13.3 Å². The first-order valence-corrected chi connectivity index (χ1v) is 7.83. The van der Waals surface area contributed by atoms with Crippen LogP contribution < -0.4 is 0 Å². The Kier molecular flexibility index (Phi) is 8.74. The lowest BCUT2D eigenvalue weighted by atomic mass is 10.5. The van der Waals surface area contributed by atoms with Gasteiger partial charge in [0.25, 0.3) is 0 Å². The van der Waals surface area contributed by atoms with E-state index in [4.69, 9.17) is 13.3 Å². The van der Waals surface area contributed by atoms with Crippen molar-refractivity contribution in [3.63, 3.8) is 0 Å². The van der Waals surface area contributed by atoms with Gasteiger partial charge in [0.15, 0.2) is 0 Å². The number of nitrogens with zero attached hydrogens (tertiary/aromatic N) is 1. The Bertz CT molecular complexity index is 183. The Balaban J connectivity index is 4.67. The van der Waals surface area contributed by atoms with E-state index >= 15 is 0 Å². The van der Waals surface area contributed by atoms with Crippen molar-refractivity contribution >= 4 is 15.0 Å². The Morgan fingerprint density at radius 1 is 1.06 bits per heavy atom. The minimum atomic E-state index is -2.55. The van der Waals surface area contributed by atoms with Crippen LogP contribution in [0.2, 0.25) is 5.54 Å². The van der Waals surface area contributed by atoms with Crippen LogP contribution in [0.25, 0.3) is 0 Å². The molecule has 0 aromatic rings. The summed E-state index contributed by atoms with van der Waals surface area (Å²) in [6, 6.07) is 0.